The number of unbranched alkanes of at least 4 members (excludes halogenated alkanes) is 1. The topological polar surface area (TPSA) is 41.1 Å². The molecule has 0 aromatic carbocycles. The summed E-state index contributed by atoms with van der Waals surface area (Å²) in [6.07, 6.45) is 8.92. The monoisotopic (exact) mass is 248 g/mol. The van der Waals surface area contributed by atoms with Crippen LogP contribution in [0, 0.1) is 0 Å². The molecule has 100 valence electrons. The molecule has 0 unspecified atom stereocenters. The number of nitrogens with zero attached hydrogens (tertiary/aromatic N) is 3. The maximum Gasteiger partial charge on any atom is 0.147 e. The summed E-state index contributed by atoms with van der Waals surface area (Å²) in [5.74, 6) is 1.05. The van der Waals surface area contributed by atoms with Crippen molar-refractivity contribution in [1.82, 2.24) is 15.3 Å². The van der Waals surface area contributed by atoms with E-state index >= 15 is 0 Å². The Bertz CT molecular complexity index is 345. The molecule has 4 nitrogen and oxygen atoms in total. The molecule has 18 heavy (non-hydrogen) atoms. The summed E-state index contributed by atoms with van der Waals surface area (Å²) < 4.78 is 0. The van der Waals surface area contributed by atoms with Crippen molar-refractivity contribution >= 4 is 5.82 Å². The molecule has 1 aliphatic rings. The average Bonchev–Trinajstić information content (AvgIpc) is 3.23. The SMILES string of the molecule is CCCCN(c1cnc(CNCC)cn1)C1CC1. The van der Waals surface area contributed by atoms with Gasteiger partial charge in [0.15, 0.2) is 0 Å². The van der Waals surface area contributed by atoms with Crippen LogP contribution in [0.3, 0.4) is 0 Å². The predicted molar refractivity (Wildman–Crippen MR) is 74.7 cm³/mol. The Labute approximate surface area is 110 Å². The minimum Gasteiger partial charge on any atom is -0.352 e. The Balaban J connectivity index is 1.96. The summed E-state index contributed by atoms with van der Waals surface area (Å²) in [4.78, 5) is 11.5. The third kappa shape index (κ3) is 3.67. The van der Waals surface area contributed by atoms with Crippen LogP contribution in [0.1, 0.15) is 45.2 Å². The zero-order chi connectivity index (χ0) is 12.8. The van der Waals surface area contributed by atoms with Crippen LogP contribution in [0.2, 0.25) is 0 Å². The lowest BCUT2D eigenvalue weighted by molar-refractivity contribution is 0.690. The molecule has 0 atom stereocenters. The lowest BCUT2D eigenvalue weighted by atomic mass is 10.3. The van der Waals surface area contributed by atoms with Crippen LogP contribution < -0.4 is 10.2 Å². The van der Waals surface area contributed by atoms with Gasteiger partial charge in [-0.05, 0) is 25.8 Å². The summed E-state index contributed by atoms with van der Waals surface area (Å²) >= 11 is 0. The van der Waals surface area contributed by atoms with E-state index in [0.717, 1.165) is 31.1 Å². The third-order valence-electron chi connectivity index (χ3n) is 3.28. The maximum atomic E-state index is 4.57. The molecule has 1 N–H and O–H groups in total. The van der Waals surface area contributed by atoms with E-state index in [-0.39, 0.29) is 0 Å². The van der Waals surface area contributed by atoms with Crippen molar-refractivity contribution in [1.29, 1.82) is 0 Å². The summed E-state index contributed by atoms with van der Waals surface area (Å²) in [6.45, 7) is 7.22. The highest BCUT2D eigenvalue weighted by Gasteiger charge is 2.29. The van der Waals surface area contributed by atoms with E-state index in [1.807, 2.05) is 12.4 Å². The van der Waals surface area contributed by atoms with Crippen LogP contribution >= 0.6 is 0 Å². The van der Waals surface area contributed by atoms with E-state index in [4.69, 9.17) is 0 Å². The van der Waals surface area contributed by atoms with Gasteiger partial charge in [-0.2, -0.15) is 0 Å². The first kappa shape index (κ1) is 13.3. The molecule has 0 radical (unpaired) electrons. The molecular weight excluding hydrogens is 224 g/mol. The highest BCUT2D eigenvalue weighted by Crippen LogP contribution is 2.30. The molecule has 1 aromatic heterocycles. The Kier molecular flexibility index (Phi) is 4.93. The molecule has 1 saturated carbocycles. The fraction of sp³-hybridized carbons (Fsp3) is 0.714. The van der Waals surface area contributed by atoms with Crippen molar-refractivity contribution < 1.29 is 0 Å². The van der Waals surface area contributed by atoms with Crippen molar-refractivity contribution in [3.05, 3.63) is 18.1 Å². The number of anilines is 1. The number of aromatic nitrogens is 2. The molecule has 0 amide bonds. The van der Waals surface area contributed by atoms with E-state index in [0.29, 0.717) is 6.04 Å². The fourth-order valence-electron chi connectivity index (χ4n) is 2.04. The van der Waals surface area contributed by atoms with Gasteiger partial charge in [-0.3, -0.25) is 4.98 Å². The lowest BCUT2D eigenvalue weighted by Crippen LogP contribution is -2.28. The normalized spacial score (nSPS) is 14.8. The first-order valence-electron chi connectivity index (χ1n) is 7.13. The van der Waals surface area contributed by atoms with Crippen molar-refractivity contribution in [3.8, 4) is 0 Å². The largest absolute Gasteiger partial charge is 0.352 e. The highest BCUT2D eigenvalue weighted by molar-refractivity contribution is 5.39. The fourth-order valence-corrected chi connectivity index (χ4v) is 2.04. The Morgan fingerprint density at radius 1 is 1.28 bits per heavy atom. The predicted octanol–water partition coefficient (Wildman–Crippen LogP) is 2.36. The molecule has 2 rings (SSSR count). The number of hydrogen-bond donors (Lipinski definition) is 1. The van der Waals surface area contributed by atoms with Crippen molar-refractivity contribution in [2.45, 2.75) is 52.1 Å². The quantitative estimate of drug-likeness (QED) is 0.767. The van der Waals surface area contributed by atoms with Gasteiger partial charge in [0, 0.05) is 19.1 Å². The van der Waals surface area contributed by atoms with Gasteiger partial charge in [-0.15, -0.1) is 0 Å². The molecule has 0 saturated heterocycles. The second kappa shape index (κ2) is 6.69. The van der Waals surface area contributed by atoms with E-state index < -0.39 is 0 Å². The first-order chi connectivity index (χ1) is 8.85. The van der Waals surface area contributed by atoms with Gasteiger partial charge in [0.2, 0.25) is 0 Å². The van der Waals surface area contributed by atoms with Gasteiger partial charge < -0.3 is 10.2 Å². The number of hydrogen-bond acceptors (Lipinski definition) is 4. The summed E-state index contributed by atoms with van der Waals surface area (Å²) in [6, 6.07) is 0.713. The van der Waals surface area contributed by atoms with E-state index in [1.54, 1.807) is 0 Å². The Morgan fingerprint density at radius 2 is 2.11 bits per heavy atom. The van der Waals surface area contributed by atoms with Crippen LogP contribution in [0.4, 0.5) is 5.82 Å². The zero-order valence-corrected chi connectivity index (χ0v) is 11.5. The minimum absolute atomic E-state index is 0.713. The zero-order valence-electron chi connectivity index (χ0n) is 11.5. The van der Waals surface area contributed by atoms with Gasteiger partial charge in [-0.1, -0.05) is 20.3 Å². The van der Waals surface area contributed by atoms with Crippen LogP contribution in [-0.4, -0.2) is 29.1 Å². The number of nitrogens with one attached hydrogen (secondary N) is 1. The standard InChI is InChI=1S/C14H24N4/c1-3-5-8-18(13-6-7-13)14-11-16-12(10-17-14)9-15-4-2/h10-11,13,15H,3-9H2,1-2H3. The minimum atomic E-state index is 0.713. The van der Waals surface area contributed by atoms with Crippen LogP contribution in [0.25, 0.3) is 0 Å². The van der Waals surface area contributed by atoms with Gasteiger partial charge in [0.1, 0.15) is 5.82 Å². The highest BCUT2D eigenvalue weighted by atomic mass is 15.2. The van der Waals surface area contributed by atoms with E-state index in [2.05, 4.69) is 34.0 Å². The summed E-state index contributed by atoms with van der Waals surface area (Å²) in [5, 5.41) is 3.27. The van der Waals surface area contributed by atoms with Crippen molar-refractivity contribution in [2.75, 3.05) is 18.0 Å². The molecular formula is C14H24N4. The van der Waals surface area contributed by atoms with Crippen molar-refractivity contribution in [2.24, 2.45) is 0 Å². The van der Waals surface area contributed by atoms with E-state index in [9.17, 15) is 0 Å². The lowest BCUT2D eigenvalue weighted by Gasteiger charge is -2.22. The Hall–Kier alpha value is -1.16. The average molecular weight is 248 g/mol. The second-order valence-corrected chi connectivity index (χ2v) is 4.92. The molecule has 1 heterocycles. The van der Waals surface area contributed by atoms with E-state index in [1.165, 1.54) is 25.7 Å². The van der Waals surface area contributed by atoms with Gasteiger partial charge in [0.25, 0.3) is 0 Å². The van der Waals surface area contributed by atoms with Gasteiger partial charge >= 0.3 is 0 Å². The smallest absolute Gasteiger partial charge is 0.147 e. The van der Waals surface area contributed by atoms with Gasteiger partial charge in [-0.25, -0.2) is 4.98 Å². The summed E-state index contributed by atoms with van der Waals surface area (Å²) in [5.41, 5.74) is 1.02. The summed E-state index contributed by atoms with van der Waals surface area (Å²) in [7, 11) is 0. The Morgan fingerprint density at radius 3 is 2.67 bits per heavy atom. The third-order valence-corrected chi connectivity index (χ3v) is 3.28. The molecule has 1 fully saturated rings. The molecule has 0 aliphatic heterocycles. The molecule has 0 bridgehead atoms. The first-order valence-corrected chi connectivity index (χ1v) is 7.13. The van der Waals surface area contributed by atoms with Crippen LogP contribution in [0.5, 0.6) is 0 Å². The second-order valence-electron chi connectivity index (χ2n) is 4.92. The molecule has 0 spiro atoms. The molecule has 1 aromatic rings. The van der Waals surface area contributed by atoms with Gasteiger partial charge in [0.05, 0.1) is 18.1 Å². The number of rotatable bonds is 8. The molecule has 1 aliphatic carbocycles. The van der Waals surface area contributed by atoms with Crippen LogP contribution in [0.15, 0.2) is 12.4 Å². The van der Waals surface area contributed by atoms with Crippen molar-refractivity contribution in [3.63, 3.8) is 0 Å². The maximum absolute atomic E-state index is 4.57. The van der Waals surface area contributed by atoms with Crippen LogP contribution in [-0.2, 0) is 6.54 Å². The molecule has 4 heteroatoms.